The highest BCUT2D eigenvalue weighted by Gasteiger charge is 2.18. The minimum atomic E-state index is -0.798. The molecule has 1 amide bonds. The Balaban J connectivity index is 2.45. The van der Waals surface area contributed by atoms with Gasteiger partial charge < -0.3 is 15.4 Å². The van der Waals surface area contributed by atoms with Crippen LogP contribution in [0.4, 0.5) is 14.5 Å². The Hall–Kier alpha value is -1.53. The molecule has 1 aromatic carbocycles. The standard InChI is InChI=1S/C14H20F2N2O2/c1-4-20-14(2,3)9-17-8-12(19)18-13-10(15)6-5-7-11(13)16/h5-7,17H,4,8-9H2,1-3H3,(H,18,19). The number of hydrogen-bond donors (Lipinski definition) is 2. The van der Waals surface area contributed by atoms with Crippen LogP contribution in [0.3, 0.4) is 0 Å². The quantitative estimate of drug-likeness (QED) is 0.808. The first kappa shape index (κ1) is 16.5. The zero-order valence-electron chi connectivity index (χ0n) is 11.9. The van der Waals surface area contributed by atoms with E-state index in [0.717, 1.165) is 12.1 Å². The molecule has 0 aliphatic carbocycles. The summed E-state index contributed by atoms with van der Waals surface area (Å²) in [5.41, 5.74) is -0.832. The van der Waals surface area contributed by atoms with E-state index in [4.69, 9.17) is 4.74 Å². The van der Waals surface area contributed by atoms with Gasteiger partial charge in [0.25, 0.3) is 0 Å². The molecule has 0 aliphatic heterocycles. The van der Waals surface area contributed by atoms with E-state index in [1.165, 1.54) is 6.07 Å². The van der Waals surface area contributed by atoms with Crippen LogP contribution < -0.4 is 10.6 Å². The second-order valence-electron chi connectivity index (χ2n) is 4.94. The fourth-order valence-corrected chi connectivity index (χ4v) is 1.72. The Morgan fingerprint density at radius 1 is 1.30 bits per heavy atom. The second-order valence-corrected chi connectivity index (χ2v) is 4.94. The molecule has 0 aromatic heterocycles. The van der Waals surface area contributed by atoms with Gasteiger partial charge >= 0.3 is 0 Å². The minimum absolute atomic E-state index is 0.0513. The van der Waals surface area contributed by atoms with Crippen molar-refractivity contribution < 1.29 is 18.3 Å². The number of rotatable bonds is 7. The van der Waals surface area contributed by atoms with Gasteiger partial charge in [-0.15, -0.1) is 0 Å². The van der Waals surface area contributed by atoms with Gasteiger partial charge in [-0.3, -0.25) is 4.79 Å². The van der Waals surface area contributed by atoms with Crippen LogP contribution in [0, 0.1) is 11.6 Å². The molecule has 20 heavy (non-hydrogen) atoms. The van der Waals surface area contributed by atoms with Gasteiger partial charge in [-0.1, -0.05) is 6.07 Å². The SMILES string of the molecule is CCOC(C)(C)CNCC(=O)Nc1c(F)cccc1F. The van der Waals surface area contributed by atoms with Crippen LogP contribution in [0.25, 0.3) is 0 Å². The van der Waals surface area contributed by atoms with E-state index in [9.17, 15) is 13.6 Å². The predicted octanol–water partition coefficient (Wildman–Crippen LogP) is 2.31. The summed E-state index contributed by atoms with van der Waals surface area (Å²) in [4.78, 5) is 11.6. The molecule has 1 rings (SSSR count). The molecule has 6 heteroatoms. The molecule has 0 bridgehead atoms. The highest BCUT2D eigenvalue weighted by atomic mass is 19.1. The van der Waals surface area contributed by atoms with Crippen LogP contribution in [0.1, 0.15) is 20.8 Å². The summed E-state index contributed by atoms with van der Waals surface area (Å²) < 4.78 is 32.1. The van der Waals surface area contributed by atoms with E-state index < -0.39 is 28.8 Å². The molecule has 0 fully saturated rings. The lowest BCUT2D eigenvalue weighted by Gasteiger charge is -2.24. The van der Waals surface area contributed by atoms with Crippen LogP contribution in [0.5, 0.6) is 0 Å². The minimum Gasteiger partial charge on any atom is -0.375 e. The van der Waals surface area contributed by atoms with Gasteiger partial charge in [0.2, 0.25) is 5.91 Å². The number of amides is 1. The van der Waals surface area contributed by atoms with E-state index in [-0.39, 0.29) is 6.54 Å². The molecule has 0 saturated heterocycles. The van der Waals surface area contributed by atoms with E-state index in [1.54, 1.807) is 0 Å². The largest absolute Gasteiger partial charge is 0.375 e. The van der Waals surface area contributed by atoms with Crippen molar-refractivity contribution in [2.45, 2.75) is 26.4 Å². The lowest BCUT2D eigenvalue weighted by molar-refractivity contribution is -0.115. The first-order valence-electron chi connectivity index (χ1n) is 6.44. The van der Waals surface area contributed by atoms with Gasteiger partial charge in [0.1, 0.15) is 17.3 Å². The third-order valence-electron chi connectivity index (χ3n) is 2.60. The summed E-state index contributed by atoms with van der Waals surface area (Å²) in [5.74, 6) is -2.11. The van der Waals surface area contributed by atoms with E-state index in [2.05, 4.69) is 10.6 Å². The van der Waals surface area contributed by atoms with Crippen LogP contribution in [-0.4, -0.2) is 31.2 Å². The molecule has 112 valence electrons. The van der Waals surface area contributed by atoms with Crippen molar-refractivity contribution in [1.82, 2.24) is 5.32 Å². The van der Waals surface area contributed by atoms with Crippen molar-refractivity contribution in [3.8, 4) is 0 Å². The fourth-order valence-electron chi connectivity index (χ4n) is 1.72. The zero-order valence-corrected chi connectivity index (χ0v) is 11.9. The second kappa shape index (κ2) is 7.31. The van der Waals surface area contributed by atoms with E-state index in [1.807, 2.05) is 20.8 Å². The van der Waals surface area contributed by atoms with E-state index in [0.29, 0.717) is 13.2 Å². The lowest BCUT2D eigenvalue weighted by Crippen LogP contribution is -2.41. The van der Waals surface area contributed by atoms with Crippen molar-refractivity contribution >= 4 is 11.6 Å². The number of carbonyl (C=O) groups excluding carboxylic acids is 1. The Morgan fingerprint density at radius 2 is 1.90 bits per heavy atom. The monoisotopic (exact) mass is 286 g/mol. The number of halogens is 2. The molecule has 0 atom stereocenters. The molecule has 0 spiro atoms. The maximum absolute atomic E-state index is 13.3. The van der Waals surface area contributed by atoms with Crippen molar-refractivity contribution in [3.63, 3.8) is 0 Å². The van der Waals surface area contributed by atoms with Crippen molar-refractivity contribution in [2.75, 3.05) is 25.0 Å². The van der Waals surface area contributed by atoms with Gasteiger partial charge in [-0.05, 0) is 32.9 Å². The third-order valence-corrected chi connectivity index (χ3v) is 2.60. The van der Waals surface area contributed by atoms with Crippen molar-refractivity contribution in [1.29, 1.82) is 0 Å². The Labute approximate surface area is 117 Å². The molecule has 1 aromatic rings. The Kier molecular flexibility index (Phi) is 6.04. The van der Waals surface area contributed by atoms with Gasteiger partial charge in [0, 0.05) is 13.2 Å². The van der Waals surface area contributed by atoms with Crippen LogP contribution >= 0.6 is 0 Å². The summed E-state index contributed by atoms with van der Waals surface area (Å²) in [7, 11) is 0. The Bertz CT molecular complexity index is 444. The van der Waals surface area contributed by atoms with Gasteiger partial charge in [0.05, 0.1) is 12.1 Å². The van der Waals surface area contributed by atoms with Crippen LogP contribution in [0.2, 0.25) is 0 Å². The number of nitrogens with one attached hydrogen (secondary N) is 2. The van der Waals surface area contributed by atoms with Crippen LogP contribution in [0.15, 0.2) is 18.2 Å². The molecule has 2 N–H and O–H groups in total. The summed E-state index contributed by atoms with van der Waals surface area (Å²) in [6.45, 7) is 6.63. The zero-order chi connectivity index (χ0) is 15.2. The average Bonchev–Trinajstić information content (AvgIpc) is 2.33. The lowest BCUT2D eigenvalue weighted by atomic mass is 10.1. The molecule has 4 nitrogen and oxygen atoms in total. The van der Waals surface area contributed by atoms with Gasteiger partial charge in [-0.2, -0.15) is 0 Å². The average molecular weight is 286 g/mol. The van der Waals surface area contributed by atoms with Crippen molar-refractivity contribution in [3.05, 3.63) is 29.8 Å². The summed E-state index contributed by atoms with van der Waals surface area (Å²) in [6, 6.07) is 3.41. The number of anilines is 1. The van der Waals surface area contributed by atoms with Gasteiger partial charge in [0.15, 0.2) is 0 Å². The molecule has 0 radical (unpaired) electrons. The maximum Gasteiger partial charge on any atom is 0.238 e. The predicted molar refractivity (Wildman–Crippen MR) is 73.6 cm³/mol. The van der Waals surface area contributed by atoms with E-state index >= 15 is 0 Å². The topological polar surface area (TPSA) is 50.4 Å². The first-order valence-corrected chi connectivity index (χ1v) is 6.44. The summed E-state index contributed by atoms with van der Waals surface area (Å²) in [5, 5.41) is 5.09. The highest BCUT2D eigenvalue weighted by Crippen LogP contribution is 2.17. The number of ether oxygens (including phenoxy) is 1. The molecule has 0 heterocycles. The number of carbonyl (C=O) groups is 1. The molecular weight excluding hydrogens is 266 g/mol. The summed E-state index contributed by atoms with van der Waals surface area (Å²) >= 11 is 0. The fraction of sp³-hybridized carbons (Fsp3) is 0.500. The molecule has 0 unspecified atom stereocenters. The highest BCUT2D eigenvalue weighted by molar-refractivity contribution is 5.92. The maximum atomic E-state index is 13.3. The third kappa shape index (κ3) is 5.22. The normalized spacial score (nSPS) is 11.4. The smallest absolute Gasteiger partial charge is 0.238 e. The molecule has 0 saturated carbocycles. The summed E-state index contributed by atoms with van der Waals surface area (Å²) in [6.07, 6.45) is 0. The number of benzene rings is 1. The first-order chi connectivity index (χ1) is 9.35. The molecular formula is C14H20F2N2O2. The van der Waals surface area contributed by atoms with Crippen LogP contribution in [-0.2, 0) is 9.53 Å². The Morgan fingerprint density at radius 3 is 2.45 bits per heavy atom. The number of para-hydroxylation sites is 1. The molecule has 0 aliphatic rings. The van der Waals surface area contributed by atoms with Crippen molar-refractivity contribution in [2.24, 2.45) is 0 Å². The number of hydrogen-bond acceptors (Lipinski definition) is 3. The van der Waals surface area contributed by atoms with Gasteiger partial charge in [-0.25, -0.2) is 8.78 Å².